The number of sulfone groups is 1. The van der Waals surface area contributed by atoms with Gasteiger partial charge >= 0.3 is 0 Å². The van der Waals surface area contributed by atoms with Gasteiger partial charge in [-0.1, -0.05) is 29.8 Å². The van der Waals surface area contributed by atoms with Gasteiger partial charge in [0.2, 0.25) is 0 Å². The summed E-state index contributed by atoms with van der Waals surface area (Å²) in [6, 6.07) is 20.5. The van der Waals surface area contributed by atoms with Gasteiger partial charge in [-0.3, -0.25) is 0 Å². The molecule has 27 heavy (non-hydrogen) atoms. The summed E-state index contributed by atoms with van der Waals surface area (Å²) in [5.74, 6) is 1.93. The van der Waals surface area contributed by atoms with Gasteiger partial charge in [0.15, 0.2) is 9.84 Å². The summed E-state index contributed by atoms with van der Waals surface area (Å²) in [6.07, 6.45) is 1.47. The van der Waals surface area contributed by atoms with Gasteiger partial charge < -0.3 is 9.47 Å². The van der Waals surface area contributed by atoms with Crippen molar-refractivity contribution in [2.75, 3.05) is 7.11 Å². The van der Waals surface area contributed by atoms with Gasteiger partial charge in [0.1, 0.15) is 17.2 Å². The third kappa shape index (κ3) is 4.90. The van der Waals surface area contributed by atoms with E-state index in [1.165, 1.54) is 6.08 Å². The standard InChI is InChI=1S/C21H17ClO4S/c1-25-17-9-11-18(12-10-17)26-19-8-7-16(21(22)15-19)13-14-27(23,24)20-5-3-2-4-6-20/h2-15H,1H3. The smallest absolute Gasteiger partial charge is 0.199 e. The molecule has 0 aromatic heterocycles. The maximum atomic E-state index is 12.3. The average Bonchev–Trinajstić information content (AvgIpc) is 2.69. The first-order chi connectivity index (χ1) is 13.0. The monoisotopic (exact) mass is 400 g/mol. The molecule has 0 spiro atoms. The van der Waals surface area contributed by atoms with E-state index in [1.54, 1.807) is 79.9 Å². The molecule has 0 saturated heterocycles. The van der Waals surface area contributed by atoms with Crippen molar-refractivity contribution >= 4 is 27.5 Å². The third-order valence-corrected chi connectivity index (χ3v) is 5.52. The quantitative estimate of drug-likeness (QED) is 0.541. The highest BCUT2D eigenvalue weighted by Gasteiger charge is 2.10. The van der Waals surface area contributed by atoms with Crippen molar-refractivity contribution in [3.05, 3.63) is 88.8 Å². The van der Waals surface area contributed by atoms with E-state index in [-0.39, 0.29) is 4.90 Å². The van der Waals surface area contributed by atoms with E-state index in [1.807, 2.05) is 0 Å². The van der Waals surface area contributed by atoms with Crippen molar-refractivity contribution < 1.29 is 17.9 Å². The Morgan fingerprint density at radius 3 is 2.11 bits per heavy atom. The Morgan fingerprint density at radius 1 is 0.852 bits per heavy atom. The van der Waals surface area contributed by atoms with Crippen LogP contribution >= 0.6 is 11.6 Å². The molecule has 3 aromatic carbocycles. The third-order valence-electron chi connectivity index (χ3n) is 3.77. The Balaban J connectivity index is 1.76. The average molecular weight is 401 g/mol. The van der Waals surface area contributed by atoms with Crippen LogP contribution in [0, 0.1) is 0 Å². The predicted molar refractivity (Wildman–Crippen MR) is 107 cm³/mol. The Labute approximate surface area is 163 Å². The lowest BCUT2D eigenvalue weighted by molar-refractivity contribution is 0.413. The van der Waals surface area contributed by atoms with Gasteiger partial charge in [-0.25, -0.2) is 8.42 Å². The van der Waals surface area contributed by atoms with Crippen LogP contribution in [0.2, 0.25) is 5.02 Å². The zero-order valence-electron chi connectivity index (χ0n) is 14.5. The highest BCUT2D eigenvalue weighted by Crippen LogP contribution is 2.29. The van der Waals surface area contributed by atoms with Crippen LogP contribution in [-0.2, 0) is 9.84 Å². The van der Waals surface area contributed by atoms with Gasteiger partial charge in [-0.2, -0.15) is 0 Å². The van der Waals surface area contributed by atoms with Crippen LogP contribution in [0.5, 0.6) is 17.2 Å². The van der Waals surface area contributed by atoms with Crippen LogP contribution in [0.15, 0.2) is 83.1 Å². The maximum Gasteiger partial charge on any atom is 0.199 e. The van der Waals surface area contributed by atoms with Crippen LogP contribution in [0.3, 0.4) is 0 Å². The van der Waals surface area contributed by atoms with Gasteiger partial charge in [-0.05, 0) is 66.2 Å². The van der Waals surface area contributed by atoms with Crippen LogP contribution in [-0.4, -0.2) is 15.5 Å². The number of hydrogen-bond acceptors (Lipinski definition) is 4. The van der Waals surface area contributed by atoms with Crippen molar-refractivity contribution in [3.63, 3.8) is 0 Å². The Bertz CT molecular complexity index is 1040. The lowest BCUT2D eigenvalue weighted by Gasteiger charge is -2.08. The van der Waals surface area contributed by atoms with Crippen molar-refractivity contribution in [3.8, 4) is 17.2 Å². The van der Waals surface area contributed by atoms with Crippen LogP contribution in [0.4, 0.5) is 0 Å². The number of ether oxygens (including phenoxy) is 2. The van der Waals surface area contributed by atoms with Crippen molar-refractivity contribution in [2.45, 2.75) is 4.90 Å². The molecular formula is C21H17ClO4S. The number of methoxy groups -OCH3 is 1. The highest BCUT2D eigenvalue weighted by molar-refractivity contribution is 7.94. The minimum absolute atomic E-state index is 0.233. The molecule has 0 unspecified atom stereocenters. The van der Waals surface area contributed by atoms with E-state index >= 15 is 0 Å². The van der Waals surface area contributed by atoms with Gasteiger partial charge in [-0.15, -0.1) is 0 Å². The second kappa shape index (κ2) is 8.29. The molecule has 0 atom stereocenters. The molecule has 0 radical (unpaired) electrons. The lowest BCUT2D eigenvalue weighted by atomic mass is 10.2. The zero-order chi connectivity index (χ0) is 19.3. The summed E-state index contributed by atoms with van der Waals surface area (Å²) in [4.78, 5) is 0.233. The Morgan fingerprint density at radius 2 is 1.48 bits per heavy atom. The minimum atomic E-state index is -3.52. The van der Waals surface area contributed by atoms with Crippen LogP contribution < -0.4 is 9.47 Å². The minimum Gasteiger partial charge on any atom is -0.497 e. The summed E-state index contributed by atoms with van der Waals surface area (Å²) < 4.78 is 35.5. The van der Waals surface area contributed by atoms with Gasteiger partial charge in [0, 0.05) is 5.41 Å². The molecule has 0 bridgehead atoms. The number of hydrogen-bond donors (Lipinski definition) is 0. The summed E-state index contributed by atoms with van der Waals surface area (Å²) in [6.45, 7) is 0. The molecule has 0 saturated carbocycles. The lowest BCUT2D eigenvalue weighted by Crippen LogP contribution is -1.95. The molecule has 0 amide bonds. The fraction of sp³-hybridized carbons (Fsp3) is 0.0476. The first kappa shape index (κ1) is 19.0. The fourth-order valence-corrected chi connectivity index (χ4v) is 3.59. The highest BCUT2D eigenvalue weighted by atomic mass is 35.5. The molecule has 0 aliphatic heterocycles. The molecule has 0 aliphatic rings. The first-order valence-corrected chi connectivity index (χ1v) is 10.00. The van der Waals surface area contributed by atoms with Crippen molar-refractivity contribution in [2.24, 2.45) is 0 Å². The molecule has 0 heterocycles. The summed E-state index contributed by atoms with van der Waals surface area (Å²) in [5.41, 5.74) is 0.582. The normalized spacial score (nSPS) is 11.5. The van der Waals surface area contributed by atoms with E-state index in [0.717, 1.165) is 11.2 Å². The van der Waals surface area contributed by atoms with E-state index < -0.39 is 9.84 Å². The maximum absolute atomic E-state index is 12.3. The van der Waals surface area contributed by atoms with E-state index in [2.05, 4.69) is 0 Å². The van der Waals surface area contributed by atoms with Crippen LogP contribution in [0.25, 0.3) is 6.08 Å². The van der Waals surface area contributed by atoms with Crippen molar-refractivity contribution in [1.29, 1.82) is 0 Å². The summed E-state index contributed by atoms with van der Waals surface area (Å²) in [5, 5.41) is 1.54. The molecule has 4 nitrogen and oxygen atoms in total. The van der Waals surface area contributed by atoms with E-state index in [4.69, 9.17) is 21.1 Å². The molecule has 3 aromatic rings. The van der Waals surface area contributed by atoms with E-state index in [9.17, 15) is 8.42 Å². The van der Waals surface area contributed by atoms with Crippen molar-refractivity contribution in [1.82, 2.24) is 0 Å². The predicted octanol–water partition coefficient (Wildman–Crippen LogP) is 5.59. The molecule has 138 valence electrons. The molecular weight excluding hydrogens is 384 g/mol. The number of benzene rings is 3. The molecule has 0 N–H and O–H groups in total. The molecule has 0 aliphatic carbocycles. The van der Waals surface area contributed by atoms with Gasteiger partial charge in [0.05, 0.1) is 17.0 Å². The zero-order valence-corrected chi connectivity index (χ0v) is 16.1. The molecule has 3 rings (SSSR count). The topological polar surface area (TPSA) is 52.6 Å². The Kier molecular flexibility index (Phi) is 5.84. The molecule has 0 fully saturated rings. The number of rotatable bonds is 6. The van der Waals surface area contributed by atoms with Crippen LogP contribution in [0.1, 0.15) is 5.56 Å². The fourth-order valence-electron chi connectivity index (χ4n) is 2.34. The SMILES string of the molecule is COc1ccc(Oc2ccc(C=CS(=O)(=O)c3ccccc3)c(Cl)c2)cc1. The van der Waals surface area contributed by atoms with E-state index in [0.29, 0.717) is 22.1 Å². The second-order valence-electron chi connectivity index (χ2n) is 5.62. The summed E-state index contributed by atoms with van der Waals surface area (Å²) >= 11 is 6.27. The first-order valence-electron chi connectivity index (χ1n) is 8.07. The number of halogens is 1. The Hall–Kier alpha value is -2.76. The van der Waals surface area contributed by atoms with Gasteiger partial charge in [0.25, 0.3) is 0 Å². The second-order valence-corrected chi connectivity index (χ2v) is 7.86. The largest absolute Gasteiger partial charge is 0.497 e. The molecule has 6 heteroatoms. The summed E-state index contributed by atoms with van der Waals surface area (Å²) in [7, 11) is -1.93.